The average Bonchev–Trinajstić information content (AvgIpc) is 2.85. The fraction of sp³-hybridized carbons (Fsp3) is 0.167. The van der Waals surface area contributed by atoms with Crippen molar-refractivity contribution in [2.45, 2.75) is 12.7 Å². The number of hydrogen-bond donors (Lipinski definition) is 1. The Hall–Kier alpha value is -1.80. The monoisotopic (exact) mass is 336 g/mol. The SMILES string of the molecule is O=[N+]([O-])c1ccc(CNc2ccc(Cl)cc2C(F)(F)F)s1. The van der Waals surface area contributed by atoms with E-state index in [0.29, 0.717) is 4.88 Å². The number of halogens is 4. The highest BCUT2D eigenvalue weighted by Crippen LogP contribution is 2.37. The fourth-order valence-electron chi connectivity index (χ4n) is 1.65. The molecule has 0 aliphatic carbocycles. The lowest BCUT2D eigenvalue weighted by Gasteiger charge is -2.14. The molecule has 0 bridgehead atoms. The van der Waals surface area contributed by atoms with Gasteiger partial charge in [-0.1, -0.05) is 22.9 Å². The summed E-state index contributed by atoms with van der Waals surface area (Å²) in [6, 6.07) is 6.22. The van der Waals surface area contributed by atoms with E-state index >= 15 is 0 Å². The van der Waals surface area contributed by atoms with Crippen molar-refractivity contribution in [1.82, 2.24) is 0 Å². The van der Waals surface area contributed by atoms with Gasteiger partial charge in [0.05, 0.1) is 10.5 Å². The van der Waals surface area contributed by atoms with Crippen LogP contribution in [0.15, 0.2) is 30.3 Å². The number of nitro groups is 1. The van der Waals surface area contributed by atoms with Gasteiger partial charge >= 0.3 is 11.2 Å². The molecule has 21 heavy (non-hydrogen) atoms. The number of rotatable bonds is 4. The van der Waals surface area contributed by atoms with Crippen LogP contribution in [0.4, 0.5) is 23.9 Å². The molecule has 0 spiro atoms. The third kappa shape index (κ3) is 3.85. The van der Waals surface area contributed by atoms with Gasteiger partial charge in [0, 0.05) is 28.2 Å². The van der Waals surface area contributed by atoms with E-state index in [1.54, 1.807) is 0 Å². The third-order valence-corrected chi connectivity index (χ3v) is 3.84. The molecule has 0 saturated carbocycles. The maximum absolute atomic E-state index is 12.9. The second-order valence-corrected chi connectivity index (χ2v) is 5.62. The minimum Gasteiger partial charge on any atom is -0.380 e. The summed E-state index contributed by atoms with van der Waals surface area (Å²) in [5.41, 5.74) is -0.996. The van der Waals surface area contributed by atoms with E-state index < -0.39 is 16.7 Å². The number of nitrogens with zero attached hydrogens (tertiary/aromatic N) is 1. The van der Waals surface area contributed by atoms with Crippen LogP contribution in [-0.2, 0) is 12.7 Å². The number of hydrogen-bond acceptors (Lipinski definition) is 4. The van der Waals surface area contributed by atoms with Crippen LogP contribution >= 0.6 is 22.9 Å². The number of benzene rings is 1. The van der Waals surface area contributed by atoms with E-state index in [-0.39, 0.29) is 22.3 Å². The highest BCUT2D eigenvalue weighted by molar-refractivity contribution is 7.15. The first kappa shape index (κ1) is 15.6. The van der Waals surface area contributed by atoms with Crippen molar-refractivity contribution in [2.24, 2.45) is 0 Å². The highest BCUT2D eigenvalue weighted by Gasteiger charge is 2.33. The van der Waals surface area contributed by atoms with Crippen LogP contribution in [-0.4, -0.2) is 4.92 Å². The van der Waals surface area contributed by atoms with E-state index in [0.717, 1.165) is 17.4 Å². The molecule has 0 atom stereocenters. The Morgan fingerprint density at radius 1 is 1.29 bits per heavy atom. The fourth-order valence-corrected chi connectivity index (χ4v) is 2.58. The summed E-state index contributed by atoms with van der Waals surface area (Å²) in [4.78, 5) is 10.6. The molecule has 2 rings (SSSR count). The van der Waals surface area contributed by atoms with Crippen molar-refractivity contribution in [3.8, 4) is 0 Å². The summed E-state index contributed by atoms with van der Waals surface area (Å²) in [6.07, 6.45) is -4.53. The number of nitrogens with one attached hydrogen (secondary N) is 1. The summed E-state index contributed by atoms with van der Waals surface area (Å²) in [5.74, 6) is 0. The first-order valence-electron chi connectivity index (χ1n) is 5.61. The molecule has 9 heteroatoms. The van der Waals surface area contributed by atoms with Crippen LogP contribution in [0.5, 0.6) is 0 Å². The lowest BCUT2D eigenvalue weighted by atomic mass is 10.1. The zero-order valence-corrected chi connectivity index (χ0v) is 11.9. The predicted octanol–water partition coefficient (Wildman–Crippen LogP) is 4.94. The first-order valence-corrected chi connectivity index (χ1v) is 6.80. The molecule has 0 aliphatic rings. The van der Waals surface area contributed by atoms with Crippen molar-refractivity contribution in [3.63, 3.8) is 0 Å². The minimum atomic E-state index is -4.53. The number of anilines is 1. The maximum Gasteiger partial charge on any atom is 0.418 e. The molecule has 0 saturated heterocycles. The van der Waals surface area contributed by atoms with Gasteiger partial charge in [-0.3, -0.25) is 10.1 Å². The number of alkyl halides is 3. The zero-order chi connectivity index (χ0) is 15.6. The van der Waals surface area contributed by atoms with E-state index in [1.807, 2.05) is 0 Å². The Kier molecular flexibility index (Phi) is 4.38. The van der Waals surface area contributed by atoms with E-state index in [2.05, 4.69) is 5.32 Å². The number of thiophene rings is 1. The molecule has 4 nitrogen and oxygen atoms in total. The quantitative estimate of drug-likeness (QED) is 0.635. The molecule has 0 radical (unpaired) electrons. The van der Waals surface area contributed by atoms with Crippen LogP contribution in [0.3, 0.4) is 0 Å². The lowest BCUT2D eigenvalue weighted by molar-refractivity contribution is -0.380. The van der Waals surface area contributed by atoms with Gasteiger partial charge in [-0.15, -0.1) is 0 Å². The van der Waals surface area contributed by atoms with Crippen LogP contribution in [0.25, 0.3) is 0 Å². The summed E-state index contributed by atoms with van der Waals surface area (Å²) in [6.45, 7) is 0.0587. The van der Waals surface area contributed by atoms with Gasteiger partial charge < -0.3 is 5.32 Å². The Bertz CT molecular complexity index is 673. The van der Waals surface area contributed by atoms with E-state index in [9.17, 15) is 23.3 Å². The normalized spacial score (nSPS) is 11.4. The van der Waals surface area contributed by atoms with Crippen molar-refractivity contribution >= 4 is 33.6 Å². The molecule has 1 aromatic carbocycles. The Morgan fingerprint density at radius 3 is 2.57 bits per heavy atom. The van der Waals surface area contributed by atoms with Gasteiger partial charge in [-0.25, -0.2) is 0 Å². The summed E-state index contributed by atoms with van der Waals surface area (Å²) >= 11 is 6.49. The maximum atomic E-state index is 12.9. The molecular weight excluding hydrogens is 329 g/mol. The topological polar surface area (TPSA) is 55.2 Å². The second-order valence-electron chi connectivity index (χ2n) is 4.04. The van der Waals surface area contributed by atoms with Crippen molar-refractivity contribution < 1.29 is 18.1 Å². The second kappa shape index (κ2) is 5.90. The standard InChI is InChI=1S/C12H8ClF3N2O2S/c13-7-1-3-10(9(5-7)12(14,15)16)17-6-8-2-4-11(21-8)18(19)20/h1-5,17H,6H2. The van der Waals surface area contributed by atoms with Crippen molar-refractivity contribution in [1.29, 1.82) is 0 Å². The molecule has 1 N–H and O–H groups in total. The largest absolute Gasteiger partial charge is 0.418 e. The van der Waals surface area contributed by atoms with Gasteiger partial charge in [-0.05, 0) is 24.3 Å². The smallest absolute Gasteiger partial charge is 0.380 e. The summed E-state index contributed by atoms with van der Waals surface area (Å²) in [7, 11) is 0. The lowest BCUT2D eigenvalue weighted by Crippen LogP contribution is -2.10. The van der Waals surface area contributed by atoms with Crippen molar-refractivity contribution in [3.05, 3.63) is 55.9 Å². The Balaban J connectivity index is 2.18. The van der Waals surface area contributed by atoms with Gasteiger partial charge in [0.2, 0.25) is 0 Å². The molecular formula is C12H8ClF3N2O2S. The third-order valence-electron chi connectivity index (χ3n) is 2.57. The molecule has 0 aliphatic heterocycles. The van der Waals surface area contributed by atoms with Crippen LogP contribution in [0, 0.1) is 10.1 Å². The van der Waals surface area contributed by atoms with Gasteiger partial charge in [0.15, 0.2) is 0 Å². The molecule has 1 heterocycles. The van der Waals surface area contributed by atoms with E-state index in [4.69, 9.17) is 11.6 Å². The summed E-state index contributed by atoms with van der Waals surface area (Å²) in [5, 5.41) is 13.1. The van der Waals surface area contributed by atoms with Crippen LogP contribution in [0.1, 0.15) is 10.4 Å². The predicted molar refractivity (Wildman–Crippen MR) is 74.8 cm³/mol. The van der Waals surface area contributed by atoms with Crippen LogP contribution < -0.4 is 5.32 Å². The Morgan fingerprint density at radius 2 is 2.00 bits per heavy atom. The molecule has 0 fully saturated rings. The molecule has 2 aromatic rings. The molecule has 112 valence electrons. The van der Waals surface area contributed by atoms with Gasteiger partial charge in [0.25, 0.3) is 0 Å². The van der Waals surface area contributed by atoms with Crippen LogP contribution in [0.2, 0.25) is 5.02 Å². The Labute approximate surface area is 126 Å². The average molecular weight is 337 g/mol. The van der Waals surface area contributed by atoms with Gasteiger partial charge in [-0.2, -0.15) is 13.2 Å². The zero-order valence-electron chi connectivity index (χ0n) is 10.3. The first-order chi connectivity index (χ1) is 9.77. The summed E-state index contributed by atoms with van der Waals surface area (Å²) < 4.78 is 38.6. The molecule has 0 unspecified atom stereocenters. The molecule has 0 amide bonds. The van der Waals surface area contributed by atoms with E-state index in [1.165, 1.54) is 24.3 Å². The van der Waals surface area contributed by atoms with Gasteiger partial charge in [0.1, 0.15) is 0 Å². The molecule has 1 aromatic heterocycles. The highest BCUT2D eigenvalue weighted by atomic mass is 35.5. The minimum absolute atomic E-state index is 0.0142. The van der Waals surface area contributed by atoms with Crippen molar-refractivity contribution in [2.75, 3.05) is 5.32 Å².